The van der Waals surface area contributed by atoms with Gasteiger partial charge < -0.3 is 19.1 Å². The van der Waals surface area contributed by atoms with Gasteiger partial charge in [0, 0.05) is 13.1 Å². The number of carbonyl (C=O) groups is 2. The van der Waals surface area contributed by atoms with E-state index in [1.54, 1.807) is 6.07 Å². The molecular weight excluding hydrogens is 362 g/mol. The second-order valence-corrected chi connectivity index (χ2v) is 8.17. The first-order chi connectivity index (χ1) is 12.3. The second kappa shape index (κ2) is 8.39. The Bertz CT molecular complexity index is 775. The standard InChI is InChI=1S/C17H23NO7S/c1-4-24-15-9-12(5-6-14(15)23-3)17(20)25-10-16(19)18(2)13-7-8-26(21,22)11-13/h5-6,9,13H,4,7-8,10-11H2,1-3H3. The monoisotopic (exact) mass is 385 g/mol. The molecule has 0 N–H and O–H groups in total. The molecule has 1 unspecified atom stereocenters. The first-order valence-electron chi connectivity index (χ1n) is 8.21. The van der Waals surface area contributed by atoms with Crippen molar-refractivity contribution in [1.82, 2.24) is 4.90 Å². The average molecular weight is 385 g/mol. The van der Waals surface area contributed by atoms with Crippen molar-refractivity contribution in [3.05, 3.63) is 23.8 Å². The van der Waals surface area contributed by atoms with Crippen LogP contribution in [0.2, 0.25) is 0 Å². The highest BCUT2D eigenvalue weighted by atomic mass is 32.2. The Morgan fingerprint density at radius 2 is 2.00 bits per heavy atom. The molecule has 1 aliphatic rings. The summed E-state index contributed by atoms with van der Waals surface area (Å²) in [5, 5.41) is 0. The summed E-state index contributed by atoms with van der Waals surface area (Å²) < 4.78 is 38.6. The molecule has 144 valence electrons. The quantitative estimate of drug-likeness (QED) is 0.643. The van der Waals surface area contributed by atoms with Gasteiger partial charge in [0.15, 0.2) is 27.9 Å². The van der Waals surface area contributed by atoms with Gasteiger partial charge in [-0.15, -0.1) is 0 Å². The molecule has 0 aliphatic carbocycles. The van der Waals surface area contributed by atoms with E-state index < -0.39 is 28.3 Å². The third kappa shape index (κ3) is 4.87. The Labute approximate surface area is 152 Å². The number of ether oxygens (including phenoxy) is 3. The highest BCUT2D eigenvalue weighted by molar-refractivity contribution is 7.91. The number of sulfone groups is 1. The zero-order chi connectivity index (χ0) is 19.3. The summed E-state index contributed by atoms with van der Waals surface area (Å²) in [6.45, 7) is 1.76. The summed E-state index contributed by atoms with van der Waals surface area (Å²) in [5.74, 6) is -0.209. The average Bonchev–Trinajstić information content (AvgIpc) is 2.98. The zero-order valence-corrected chi connectivity index (χ0v) is 15.9. The number of hydrogen-bond donors (Lipinski definition) is 0. The van der Waals surface area contributed by atoms with E-state index in [1.165, 1.54) is 31.2 Å². The molecule has 1 aromatic rings. The first kappa shape index (κ1) is 20.0. The summed E-state index contributed by atoms with van der Waals surface area (Å²) in [7, 11) is -0.0828. The minimum atomic E-state index is -3.09. The molecular formula is C17H23NO7S. The summed E-state index contributed by atoms with van der Waals surface area (Å²) in [6.07, 6.45) is 0.398. The van der Waals surface area contributed by atoms with Crippen LogP contribution in [0.4, 0.5) is 0 Å². The maximum atomic E-state index is 12.2. The van der Waals surface area contributed by atoms with E-state index in [9.17, 15) is 18.0 Å². The SMILES string of the molecule is CCOc1cc(C(=O)OCC(=O)N(C)C2CCS(=O)(=O)C2)ccc1OC. The van der Waals surface area contributed by atoms with Crippen LogP contribution < -0.4 is 9.47 Å². The van der Waals surface area contributed by atoms with Gasteiger partial charge in [0.2, 0.25) is 0 Å². The van der Waals surface area contributed by atoms with E-state index in [0.717, 1.165) is 0 Å². The van der Waals surface area contributed by atoms with E-state index in [1.807, 2.05) is 6.92 Å². The molecule has 0 aromatic heterocycles. The lowest BCUT2D eigenvalue weighted by Crippen LogP contribution is -2.40. The molecule has 1 aromatic carbocycles. The fourth-order valence-corrected chi connectivity index (χ4v) is 4.44. The zero-order valence-electron chi connectivity index (χ0n) is 15.1. The van der Waals surface area contributed by atoms with Crippen LogP contribution in [-0.4, -0.2) is 70.1 Å². The highest BCUT2D eigenvalue weighted by Crippen LogP contribution is 2.28. The van der Waals surface area contributed by atoms with Crippen LogP contribution in [0, 0.1) is 0 Å². The number of rotatable bonds is 7. The van der Waals surface area contributed by atoms with Crippen LogP contribution >= 0.6 is 0 Å². The van der Waals surface area contributed by atoms with Gasteiger partial charge in [-0.2, -0.15) is 0 Å². The normalized spacial score (nSPS) is 18.2. The highest BCUT2D eigenvalue weighted by Gasteiger charge is 2.33. The molecule has 1 aliphatic heterocycles. The number of hydrogen-bond acceptors (Lipinski definition) is 7. The maximum absolute atomic E-state index is 12.2. The smallest absolute Gasteiger partial charge is 0.338 e. The van der Waals surface area contributed by atoms with Gasteiger partial charge >= 0.3 is 5.97 Å². The van der Waals surface area contributed by atoms with Crippen molar-refractivity contribution in [3.8, 4) is 11.5 Å². The van der Waals surface area contributed by atoms with E-state index in [-0.39, 0.29) is 23.1 Å². The largest absolute Gasteiger partial charge is 0.493 e. The predicted octanol–water partition coefficient (Wildman–Crippen LogP) is 0.896. The van der Waals surface area contributed by atoms with Crippen LogP contribution in [0.3, 0.4) is 0 Å². The van der Waals surface area contributed by atoms with Crippen LogP contribution in [0.25, 0.3) is 0 Å². The van der Waals surface area contributed by atoms with Gasteiger partial charge in [-0.3, -0.25) is 4.79 Å². The van der Waals surface area contributed by atoms with Crippen molar-refractivity contribution in [3.63, 3.8) is 0 Å². The van der Waals surface area contributed by atoms with Crippen molar-refractivity contribution in [2.75, 3.05) is 38.9 Å². The van der Waals surface area contributed by atoms with Gasteiger partial charge in [0.25, 0.3) is 5.91 Å². The van der Waals surface area contributed by atoms with E-state index in [2.05, 4.69) is 0 Å². The molecule has 0 radical (unpaired) electrons. The number of amides is 1. The molecule has 1 saturated heterocycles. The lowest BCUT2D eigenvalue weighted by atomic mass is 10.2. The van der Waals surface area contributed by atoms with Crippen molar-refractivity contribution in [1.29, 1.82) is 0 Å². The van der Waals surface area contributed by atoms with Crippen LogP contribution in [-0.2, 0) is 19.4 Å². The van der Waals surface area contributed by atoms with Gasteiger partial charge in [-0.25, -0.2) is 13.2 Å². The van der Waals surface area contributed by atoms with Crippen LogP contribution in [0.1, 0.15) is 23.7 Å². The van der Waals surface area contributed by atoms with Gasteiger partial charge in [0.05, 0.1) is 30.8 Å². The molecule has 1 atom stereocenters. The lowest BCUT2D eigenvalue weighted by molar-refractivity contribution is -0.134. The number of methoxy groups -OCH3 is 1. The van der Waals surface area contributed by atoms with E-state index in [4.69, 9.17) is 14.2 Å². The minimum absolute atomic E-state index is 0.0562. The fraction of sp³-hybridized carbons (Fsp3) is 0.529. The molecule has 8 nitrogen and oxygen atoms in total. The number of nitrogens with zero attached hydrogens (tertiary/aromatic N) is 1. The molecule has 1 amide bonds. The summed E-state index contributed by atoms with van der Waals surface area (Å²) >= 11 is 0. The number of esters is 1. The molecule has 0 spiro atoms. The molecule has 9 heteroatoms. The van der Waals surface area contributed by atoms with Crippen molar-refractivity contribution >= 4 is 21.7 Å². The molecule has 1 heterocycles. The summed E-state index contributed by atoms with van der Waals surface area (Å²) in [4.78, 5) is 25.7. The van der Waals surface area contributed by atoms with Crippen molar-refractivity contribution in [2.45, 2.75) is 19.4 Å². The summed E-state index contributed by atoms with van der Waals surface area (Å²) in [5.41, 5.74) is 0.230. The number of likely N-dealkylation sites (N-methyl/N-ethyl adjacent to an activating group) is 1. The van der Waals surface area contributed by atoms with Crippen molar-refractivity contribution < 1.29 is 32.2 Å². The Hall–Kier alpha value is -2.29. The third-order valence-electron chi connectivity index (χ3n) is 4.18. The van der Waals surface area contributed by atoms with E-state index >= 15 is 0 Å². The van der Waals surface area contributed by atoms with Crippen LogP contribution in [0.5, 0.6) is 11.5 Å². The number of carbonyl (C=O) groups excluding carboxylic acids is 2. The second-order valence-electron chi connectivity index (χ2n) is 5.94. The lowest BCUT2D eigenvalue weighted by Gasteiger charge is -2.23. The Morgan fingerprint density at radius 1 is 1.27 bits per heavy atom. The third-order valence-corrected chi connectivity index (χ3v) is 5.93. The Balaban J connectivity index is 1.95. The molecule has 1 fully saturated rings. The van der Waals surface area contributed by atoms with Gasteiger partial charge in [-0.05, 0) is 31.5 Å². The predicted molar refractivity (Wildman–Crippen MR) is 94.3 cm³/mol. The molecule has 26 heavy (non-hydrogen) atoms. The van der Waals surface area contributed by atoms with E-state index in [0.29, 0.717) is 24.5 Å². The first-order valence-corrected chi connectivity index (χ1v) is 10.0. The maximum Gasteiger partial charge on any atom is 0.338 e. The minimum Gasteiger partial charge on any atom is -0.493 e. The molecule has 0 bridgehead atoms. The Morgan fingerprint density at radius 3 is 2.58 bits per heavy atom. The topological polar surface area (TPSA) is 99.2 Å². The molecule has 0 saturated carbocycles. The fourth-order valence-electron chi connectivity index (χ4n) is 2.67. The van der Waals surface area contributed by atoms with Gasteiger partial charge in [-0.1, -0.05) is 0 Å². The van der Waals surface area contributed by atoms with Crippen molar-refractivity contribution in [2.24, 2.45) is 0 Å². The van der Waals surface area contributed by atoms with Crippen LogP contribution in [0.15, 0.2) is 18.2 Å². The van der Waals surface area contributed by atoms with Gasteiger partial charge in [0.1, 0.15) is 0 Å². The Kier molecular flexibility index (Phi) is 6.47. The summed E-state index contributed by atoms with van der Waals surface area (Å²) in [6, 6.07) is 4.21. The number of benzene rings is 1. The molecule has 2 rings (SSSR count).